The maximum atomic E-state index is 13.4. The summed E-state index contributed by atoms with van der Waals surface area (Å²) in [6.45, 7) is 4.28. The van der Waals surface area contributed by atoms with Crippen molar-refractivity contribution in [2.45, 2.75) is 18.9 Å². The van der Waals surface area contributed by atoms with Gasteiger partial charge in [0.25, 0.3) is 0 Å². The molecule has 2 unspecified atom stereocenters. The predicted octanol–water partition coefficient (Wildman–Crippen LogP) is 2.41. The van der Waals surface area contributed by atoms with Crippen LogP contribution >= 0.6 is 0 Å². The van der Waals surface area contributed by atoms with E-state index in [4.69, 9.17) is 4.74 Å². The number of morpholine rings is 1. The van der Waals surface area contributed by atoms with E-state index < -0.39 is 0 Å². The zero-order valence-electron chi connectivity index (χ0n) is 18.2. The van der Waals surface area contributed by atoms with E-state index in [0.29, 0.717) is 32.8 Å². The average Bonchev–Trinajstić information content (AvgIpc) is 3.21. The van der Waals surface area contributed by atoms with Crippen LogP contribution in [0.15, 0.2) is 54.6 Å². The molecule has 2 aliphatic rings. The Bertz CT molecular complexity index is 900. The minimum Gasteiger partial charge on any atom is -0.379 e. The molecule has 0 bridgehead atoms. The highest BCUT2D eigenvalue weighted by Gasteiger charge is 2.34. The molecule has 2 atom stereocenters. The Morgan fingerprint density at radius 3 is 2.53 bits per heavy atom. The van der Waals surface area contributed by atoms with E-state index in [2.05, 4.69) is 10.2 Å². The fourth-order valence-electron chi connectivity index (χ4n) is 4.45. The lowest BCUT2D eigenvalue weighted by atomic mass is 10.0. The molecule has 7 heteroatoms. The third-order valence-electron chi connectivity index (χ3n) is 6.31. The van der Waals surface area contributed by atoms with Crippen LogP contribution < -0.4 is 5.32 Å². The lowest BCUT2D eigenvalue weighted by molar-refractivity contribution is -0.129. The van der Waals surface area contributed by atoms with Gasteiger partial charge in [0.2, 0.25) is 11.8 Å². The zero-order valence-corrected chi connectivity index (χ0v) is 18.2. The number of nitrogens with zero attached hydrogens (tertiary/aromatic N) is 2. The van der Waals surface area contributed by atoms with Crippen LogP contribution in [0.4, 0.5) is 4.39 Å². The zero-order chi connectivity index (χ0) is 22.3. The first-order chi connectivity index (χ1) is 15.6. The van der Waals surface area contributed by atoms with Crippen molar-refractivity contribution in [3.05, 3.63) is 71.5 Å². The standard InChI is InChI=1S/C25H30FN3O3/c26-22-8-6-20(7-9-22)23(28-12-14-32-15-13-28)17-27-25(31)21-16-24(30)29(18-21)11-10-19-4-2-1-3-5-19/h1-9,21,23H,10-18H2,(H,27,31). The lowest BCUT2D eigenvalue weighted by Crippen LogP contribution is -2.45. The highest BCUT2D eigenvalue weighted by atomic mass is 19.1. The summed E-state index contributed by atoms with van der Waals surface area (Å²) in [5.74, 6) is -0.680. The normalized spacial score (nSPS) is 20.3. The van der Waals surface area contributed by atoms with Gasteiger partial charge in [0, 0.05) is 39.1 Å². The molecule has 0 radical (unpaired) electrons. The number of benzene rings is 2. The van der Waals surface area contributed by atoms with Crippen molar-refractivity contribution in [1.29, 1.82) is 0 Å². The number of carbonyl (C=O) groups excluding carboxylic acids is 2. The van der Waals surface area contributed by atoms with Crippen LogP contribution in [0, 0.1) is 11.7 Å². The van der Waals surface area contributed by atoms with Gasteiger partial charge >= 0.3 is 0 Å². The Morgan fingerprint density at radius 2 is 1.81 bits per heavy atom. The van der Waals surface area contributed by atoms with Crippen molar-refractivity contribution in [3.63, 3.8) is 0 Å². The van der Waals surface area contributed by atoms with Crippen molar-refractivity contribution in [3.8, 4) is 0 Å². The number of nitrogens with one attached hydrogen (secondary N) is 1. The first-order valence-electron chi connectivity index (χ1n) is 11.3. The van der Waals surface area contributed by atoms with Crippen molar-refractivity contribution >= 4 is 11.8 Å². The van der Waals surface area contributed by atoms with E-state index in [9.17, 15) is 14.0 Å². The van der Waals surface area contributed by atoms with Crippen LogP contribution in [0.5, 0.6) is 0 Å². The molecular weight excluding hydrogens is 409 g/mol. The van der Waals surface area contributed by atoms with E-state index in [-0.39, 0.29) is 36.0 Å². The molecule has 0 spiro atoms. The van der Waals surface area contributed by atoms with Gasteiger partial charge in [0.15, 0.2) is 0 Å². The SMILES string of the molecule is O=C(NCC(c1ccc(F)cc1)N1CCOCC1)C1CC(=O)N(CCc2ccccc2)C1. The van der Waals surface area contributed by atoms with Crippen LogP contribution in [0.25, 0.3) is 0 Å². The summed E-state index contributed by atoms with van der Waals surface area (Å²) in [6, 6.07) is 16.4. The minimum absolute atomic E-state index is 0.0318. The average molecular weight is 440 g/mol. The number of amides is 2. The Labute approximate surface area is 188 Å². The molecule has 170 valence electrons. The van der Waals surface area contributed by atoms with Gasteiger partial charge in [-0.3, -0.25) is 14.5 Å². The Morgan fingerprint density at radius 1 is 1.09 bits per heavy atom. The summed E-state index contributed by atoms with van der Waals surface area (Å²) in [5, 5.41) is 3.06. The predicted molar refractivity (Wildman–Crippen MR) is 119 cm³/mol. The maximum absolute atomic E-state index is 13.4. The summed E-state index contributed by atoms with van der Waals surface area (Å²) >= 11 is 0. The molecule has 2 aliphatic heterocycles. The summed E-state index contributed by atoms with van der Waals surface area (Å²) in [6.07, 6.45) is 1.03. The van der Waals surface area contributed by atoms with Crippen LogP contribution in [0.3, 0.4) is 0 Å². The lowest BCUT2D eigenvalue weighted by Gasteiger charge is -2.35. The molecule has 0 aliphatic carbocycles. The second-order valence-electron chi connectivity index (χ2n) is 8.44. The number of hydrogen-bond donors (Lipinski definition) is 1. The highest BCUT2D eigenvalue weighted by molar-refractivity contribution is 5.89. The number of rotatable bonds is 8. The highest BCUT2D eigenvalue weighted by Crippen LogP contribution is 2.23. The third kappa shape index (κ3) is 5.72. The summed E-state index contributed by atoms with van der Waals surface area (Å²) in [4.78, 5) is 29.4. The first kappa shape index (κ1) is 22.4. The van der Waals surface area contributed by atoms with E-state index in [1.165, 1.54) is 17.7 Å². The fourth-order valence-corrected chi connectivity index (χ4v) is 4.45. The molecule has 2 saturated heterocycles. The van der Waals surface area contributed by atoms with E-state index in [1.807, 2.05) is 30.3 Å². The number of likely N-dealkylation sites (tertiary alicyclic amines) is 1. The van der Waals surface area contributed by atoms with Crippen molar-refractivity contribution in [1.82, 2.24) is 15.1 Å². The summed E-state index contributed by atoms with van der Waals surface area (Å²) in [7, 11) is 0. The molecule has 1 N–H and O–H groups in total. The van der Waals surface area contributed by atoms with Gasteiger partial charge in [0.05, 0.1) is 25.2 Å². The molecule has 0 aromatic heterocycles. The van der Waals surface area contributed by atoms with Crippen LogP contribution in [0.1, 0.15) is 23.6 Å². The van der Waals surface area contributed by atoms with Gasteiger partial charge in [0.1, 0.15) is 5.82 Å². The minimum atomic E-state index is -0.336. The smallest absolute Gasteiger partial charge is 0.225 e. The van der Waals surface area contributed by atoms with Crippen molar-refractivity contribution in [2.24, 2.45) is 5.92 Å². The molecule has 0 saturated carbocycles. The Kier molecular flexibility index (Phi) is 7.50. The monoisotopic (exact) mass is 439 g/mol. The number of hydrogen-bond acceptors (Lipinski definition) is 4. The van der Waals surface area contributed by atoms with Gasteiger partial charge in [-0.15, -0.1) is 0 Å². The number of halogens is 1. The second kappa shape index (κ2) is 10.7. The van der Waals surface area contributed by atoms with Gasteiger partial charge in [-0.1, -0.05) is 42.5 Å². The Hall–Kier alpha value is -2.77. The van der Waals surface area contributed by atoms with Gasteiger partial charge in [-0.05, 0) is 29.7 Å². The molecule has 2 aromatic rings. The van der Waals surface area contributed by atoms with Crippen molar-refractivity contribution in [2.75, 3.05) is 45.9 Å². The van der Waals surface area contributed by atoms with Crippen molar-refractivity contribution < 1.29 is 18.7 Å². The molecule has 32 heavy (non-hydrogen) atoms. The molecular formula is C25H30FN3O3. The fraction of sp³-hybridized carbons (Fsp3) is 0.440. The van der Waals surface area contributed by atoms with Crippen LogP contribution in [-0.4, -0.2) is 67.6 Å². The molecule has 4 rings (SSSR count). The topological polar surface area (TPSA) is 61.9 Å². The van der Waals surface area contributed by atoms with Gasteiger partial charge < -0.3 is 15.0 Å². The Balaban J connectivity index is 1.33. The maximum Gasteiger partial charge on any atom is 0.225 e. The van der Waals surface area contributed by atoms with E-state index in [0.717, 1.165) is 25.1 Å². The number of ether oxygens (including phenoxy) is 1. The second-order valence-corrected chi connectivity index (χ2v) is 8.44. The molecule has 2 fully saturated rings. The van der Waals surface area contributed by atoms with Crippen LogP contribution in [-0.2, 0) is 20.7 Å². The first-order valence-corrected chi connectivity index (χ1v) is 11.3. The molecule has 2 amide bonds. The summed E-state index contributed by atoms with van der Waals surface area (Å²) < 4.78 is 18.9. The quantitative estimate of drug-likeness (QED) is 0.686. The van der Waals surface area contributed by atoms with Gasteiger partial charge in [-0.25, -0.2) is 4.39 Å². The summed E-state index contributed by atoms with van der Waals surface area (Å²) in [5.41, 5.74) is 2.14. The van der Waals surface area contributed by atoms with E-state index >= 15 is 0 Å². The number of carbonyl (C=O) groups is 2. The van der Waals surface area contributed by atoms with Gasteiger partial charge in [-0.2, -0.15) is 0 Å². The molecule has 2 aromatic carbocycles. The van der Waals surface area contributed by atoms with E-state index in [1.54, 1.807) is 17.0 Å². The van der Waals surface area contributed by atoms with Crippen LogP contribution in [0.2, 0.25) is 0 Å². The molecule has 6 nitrogen and oxygen atoms in total. The molecule has 2 heterocycles. The largest absolute Gasteiger partial charge is 0.379 e. The third-order valence-corrected chi connectivity index (χ3v) is 6.31.